The van der Waals surface area contributed by atoms with Crippen molar-refractivity contribution in [2.75, 3.05) is 6.54 Å². The van der Waals surface area contributed by atoms with Crippen molar-refractivity contribution >= 4 is 5.91 Å². The molecule has 0 saturated heterocycles. The lowest BCUT2D eigenvalue weighted by Crippen LogP contribution is -2.31. The molecule has 1 aliphatic carbocycles. The Morgan fingerprint density at radius 3 is 2.52 bits per heavy atom. The predicted molar refractivity (Wildman–Crippen MR) is 118 cm³/mol. The van der Waals surface area contributed by atoms with E-state index in [2.05, 4.69) is 27.2 Å². The van der Waals surface area contributed by atoms with E-state index in [4.69, 9.17) is 9.40 Å². The van der Waals surface area contributed by atoms with Crippen molar-refractivity contribution in [1.29, 1.82) is 0 Å². The van der Waals surface area contributed by atoms with Crippen LogP contribution in [0.15, 0.2) is 29.1 Å². The molecule has 7 nitrogen and oxygen atoms in total. The average molecular weight is 420 g/mol. The third-order valence-electron chi connectivity index (χ3n) is 6.14. The van der Waals surface area contributed by atoms with Crippen LogP contribution in [0.3, 0.4) is 0 Å². The number of carbonyl (C=O) groups excluding carboxylic acids is 1. The van der Waals surface area contributed by atoms with Gasteiger partial charge in [-0.15, -0.1) is 0 Å². The van der Waals surface area contributed by atoms with E-state index in [1.54, 1.807) is 13.8 Å². The lowest BCUT2D eigenvalue weighted by molar-refractivity contribution is 0.0913. The van der Waals surface area contributed by atoms with Gasteiger partial charge < -0.3 is 9.73 Å². The normalized spacial score (nSPS) is 18.7. The van der Waals surface area contributed by atoms with Crippen LogP contribution in [0.4, 0.5) is 0 Å². The fourth-order valence-electron chi connectivity index (χ4n) is 4.48. The second-order valence-corrected chi connectivity index (χ2v) is 8.48. The van der Waals surface area contributed by atoms with Crippen LogP contribution in [0, 0.1) is 33.6 Å². The first kappa shape index (κ1) is 21.2. The monoisotopic (exact) mass is 419 g/mol. The summed E-state index contributed by atoms with van der Waals surface area (Å²) in [5.41, 5.74) is 5.16. The number of nitrogens with zero attached hydrogens (tertiary/aromatic N) is 4. The van der Waals surface area contributed by atoms with Crippen LogP contribution >= 0.6 is 0 Å². The summed E-state index contributed by atoms with van der Waals surface area (Å²) in [4.78, 5) is 30.1. The van der Waals surface area contributed by atoms with E-state index >= 15 is 0 Å². The van der Waals surface area contributed by atoms with Gasteiger partial charge in [0.1, 0.15) is 5.82 Å². The van der Waals surface area contributed by atoms with Crippen LogP contribution in [0.2, 0.25) is 0 Å². The Bertz CT molecular complexity index is 1080. The topological polar surface area (TPSA) is 93.8 Å². The number of aryl methyl sites for hydroxylation is 4. The third-order valence-corrected chi connectivity index (χ3v) is 6.14. The van der Waals surface area contributed by atoms with E-state index in [1.807, 2.05) is 31.6 Å². The lowest BCUT2D eigenvalue weighted by atomic mass is 9.78. The Balaban J connectivity index is 1.41. The molecule has 0 radical (unpaired) electrons. The number of oxazole rings is 1. The van der Waals surface area contributed by atoms with Gasteiger partial charge in [0.2, 0.25) is 5.76 Å². The minimum atomic E-state index is -0.179. The van der Waals surface area contributed by atoms with E-state index in [-0.39, 0.29) is 5.91 Å². The zero-order valence-corrected chi connectivity index (χ0v) is 18.6. The number of amides is 1. The molecule has 0 aliphatic heterocycles. The Hall–Kier alpha value is -3.09. The summed E-state index contributed by atoms with van der Waals surface area (Å²) in [6, 6.07) is 2.04. The number of nitrogens with one attached hydrogen (secondary N) is 1. The summed E-state index contributed by atoms with van der Waals surface area (Å²) in [7, 11) is 0. The number of aromatic nitrogens is 4. The lowest BCUT2D eigenvalue weighted by Gasteiger charge is -2.29. The second-order valence-electron chi connectivity index (χ2n) is 8.48. The van der Waals surface area contributed by atoms with E-state index in [1.165, 1.54) is 0 Å². The van der Waals surface area contributed by atoms with Gasteiger partial charge >= 0.3 is 0 Å². The molecule has 3 aromatic rings. The van der Waals surface area contributed by atoms with Crippen LogP contribution in [-0.4, -0.2) is 32.4 Å². The van der Waals surface area contributed by atoms with Gasteiger partial charge in [0.15, 0.2) is 5.89 Å². The summed E-state index contributed by atoms with van der Waals surface area (Å²) in [6.45, 7) is 8.22. The quantitative estimate of drug-likeness (QED) is 0.656. The molecule has 1 amide bonds. The maximum absolute atomic E-state index is 12.4. The van der Waals surface area contributed by atoms with E-state index < -0.39 is 0 Å². The maximum atomic E-state index is 12.4. The van der Waals surface area contributed by atoms with Crippen molar-refractivity contribution in [3.05, 3.63) is 59.1 Å². The maximum Gasteiger partial charge on any atom is 0.289 e. The van der Waals surface area contributed by atoms with Crippen molar-refractivity contribution < 1.29 is 9.21 Å². The number of carbonyl (C=O) groups is 1. The summed E-state index contributed by atoms with van der Waals surface area (Å²) in [5.74, 6) is 2.32. The Morgan fingerprint density at radius 1 is 1.06 bits per heavy atom. The third kappa shape index (κ3) is 4.65. The summed E-state index contributed by atoms with van der Waals surface area (Å²) >= 11 is 0. The van der Waals surface area contributed by atoms with Gasteiger partial charge in [-0.3, -0.25) is 9.78 Å². The van der Waals surface area contributed by atoms with Crippen LogP contribution < -0.4 is 5.32 Å². The molecule has 31 heavy (non-hydrogen) atoms. The smallest absolute Gasteiger partial charge is 0.289 e. The first-order valence-electron chi connectivity index (χ1n) is 10.9. The van der Waals surface area contributed by atoms with Gasteiger partial charge in [-0.2, -0.15) is 0 Å². The second kappa shape index (κ2) is 8.96. The Labute approximate surface area is 182 Å². The average Bonchev–Trinajstić information content (AvgIpc) is 3.11. The molecule has 0 unspecified atom stereocenters. The molecule has 3 aromatic heterocycles. The molecule has 1 aliphatic rings. The first-order chi connectivity index (χ1) is 14.9. The molecule has 1 saturated carbocycles. The molecule has 1 N–H and O–H groups in total. The largest absolute Gasteiger partial charge is 0.436 e. The van der Waals surface area contributed by atoms with Crippen molar-refractivity contribution in [2.24, 2.45) is 5.92 Å². The van der Waals surface area contributed by atoms with Gasteiger partial charge in [-0.25, -0.2) is 15.0 Å². The minimum absolute atomic E-state index is 0.179. The number of hydrogen-bond acceptors (Lipinski definition) is 6. The highest BCUT2D eigenvalue weighted by atomic mass is 16.4. The summed E-state index contributed by atoms with van der Waals surface area (Å²) in [6.07, 6.45) is 9.87. The molecule has 0 spiro atoms. The number of hydrogen-bond donors (Lipinski definition) is 1. The molecule has 4 rings (SSSR count). The molecule has 162 valence electrons. The molecule has 3 heterocycles. The van der Waals surface area contributed by atoms with Crippen LogP contribution in [0.25, 0.3) is 11.1 Å². The van der Waals surface area contributed by atoms with E-state index in [0.29, 0.717) is 35.7 Å². The fourth-order valence-corrected chi connectivity index (χ4v) is 4.48. The fraction of sp³-hybridized carbons (Fsp3) is 0.458. The SMILES string of the molecule is Cc1ncc(-c2ccncc2C)c(C2CCC(CNC(=O)c3oc(C)nc3C)CC2)n1. The standard InChI is InChI=1S/C24H29N5O2/c1-14-11-25-10-9-20(14)21-13-26-16(3)29-22(21)19-7-5-18(6-8-19)12-27-24(30)23-15(2)28-17(4)31-23/h9-11,13,18-19H,5-8,12H2,1-4H3,(H,27,30). The molecular weight excluding hydrogens is 390 g/mol. The minimum Gasteiger partial charge on any atom is -0.436 e. The first-order valence-corrected chi connectivity index (χ1v) is 10.9. The zero-order valence-electron chi connectivity index (χ0n) is 18.6. The van der Waals surface area contributed by atoms with Gasteiger partial charge in [0.25, 0.3) is 5.91 Å². The highest BCUT2D eigenvalue weighted by Gasteiger charge is 2.27. The van der Waals surface area contributed by atoms with Gasteiger partial charge in [0, 0.05) is 43.5 Å². The molecule has 7 heteroatoms. The van der Waals surface area contributed by atoms with Crippen molar-refractivity contribution in [2.45, 2.75) is 59.3 Å². The van der Waals surface area contributed by atoms with Crippen LogP contribution in [0.5, 0.6) is 0 Å². The summed E-state index contributed by atoms with van der Waals surface area (Å²) < 4.78 is 5.43. The van der Waals surface area contributed by atoms with Crippen molar-refractivity contribution in [3.8, 4) is 11.1 Å². The molecule has 0 atom stereocenters. The highest BCUT2D eigenvalue weighted by molar-refractivity contribution is 5.92. The van der Waals surface area contributed by atoms with Gasteiger partial charge in [-0.05, 0) is 69.6 Å². The Kier molecular flexibility index (Phi) is 6.11. The molecule has 0 aromatic carbocycles. The molecule has 0 bridgehead atoms. The summed E-state index contributed by atoms with van der Waals surface area (Å²) in [5, 5.41) is 3.03. The zero-order chi connectivity index (χ0) is 22.0. The number of pyridine rings is 1. The number of rotatable bonds is 5. The van der Waals surface area contributed by atoms with Gasteiger partial charge in [0.05, 0.1) is 11.4 Å². The Morgan fingerprint density at radius 2 is 1.84 bits per heavy atom. The predicted octanol–water partition coefficient (Wildman–Crippen LogP) is 4.46. The van der Waals surface area contributed by atoms with Crippen molar-refractivity contribution in [3.63, 3.8) is 0 Å². The van der Waals surface area contributed by atoms with Crippen molar-refractivity contribution in [1.82, 2.24) is 25.3 Å². The van der Waals surface area contributed by atoms with Gasteiger partial charge in [-0.1, -0.05) is 0 Å². The molecule has 1 fully saturated rings. The van der Waals surface area contributed by atoms with Crippen LogP contribution in [0.1, 0.15) is 70.8 Å². The van der Waals surface area contributed by atoms with E-state index in [0.717, 1.165) is 53.9 Å². The van der Waals surface area contributed by atoms with E-state index in [9.17, 15) is 4.79 Å². The van der Waals surface area contributed by atoms with Crippen LogP contribution in [-0.2, 0) is 0 Å². The molecular formula is C24H29N5O2. The highest BCUT2D eigenvalue weighted by Crippen LogP contribution is 2.39.